The maximum Gasteiger partial charge on any atom is 0.403 e. The van der Waals surface area contributed by atoms with E-state index in [1.165, 1.54) is 7.11 Å². The highest BCUT2D eigenvalue weighted by atomic mass is 79.9. The third-order valence-corrected chi connectivity index (χ3v) is 2.88. The van der Waals surface area contributed by atoms with Crippen molar-refractivity contribution in [3.05, 3.63) is 28.2 Å². The Labute approximate surface area is 106 Å². The molecule has 0 saturated carbocycles. The van der Waals surface area contributed by atoms with Crippen LogP contribution in [0.15, 0.2) is 22.7 Å². The fourth-order valence-corrected chi connectivity index (χ4v) is 1.83. The van der Waals surface area contributed by atoms with Crippen molar-refractivity contribution in [2.45, 2.75) is 25.1 Å². The summed E-state index contributed by atoms with van der Waals surface area (Å²) in [6.07, 6.45) is -4.28. The zero-order chi connectivity index (χ0) is 13.1. The van der Waals surface area contributed by atoms with Crippen LogP contribution in [0, 0.1) is 0 Å². The second-order valence-electron chi connectivity index (χ2n) is 3.64. The molecule has 0 bridgehead atoms. The van der Waals surface area contributed by atoms with Crippen molar-refractivity contribution < 1.29 is 17.9 Å². The molecule has 1 rings (SSSR count). The van der Waals surface area contributed by atoms with Crippen molar-refractivity contribution >= 4 is 15.9 Å². The van der Waals surface area contributed by atoms with E-state index in [0.29, 0.717) is 11.3 Å². The van der Waals surface area contributed by atoms with Crippen LogP contribution in [0.1, 0.15) is 12.0 Å². The molecule has 6 heteroatoms. The maximum absolute atomic E-state index is 12.2. The molecule has 2 nitrogen and oxygen atoms in total. The molecule has 0 aliphatic carbocycles. The van der Waals surface area contributed by atoms with Crippen LogP contribution < -0.4 is 10.5 Å². The lowest BCUT2D eigenvalue weighted by Crippen LogP contribution is -2.37. The molecule has 1 aromatic carbocycles. The van der Waals surface area contributed by atoms with E-state index in [0.717, 1.165) is 4.47 Å². The van der Waals surface area contributed by atoms with Gasteiger partial charge >= 0.3 is 6.18 Å². The molecule has 0 fully saturated rings. The molecular formula is C11H13BrF3NO. The number of hydrogen-bond donors (Lipinski definition) is 1. The number of rotatable bonds is 4. The molecule has 96 valence electrons. The van der Waals surface area contributed by atoms with Gasteiger partial charge in [-0.05, 0) is 36.6 Å². The molecule has 0 amide bonds. The first-order chi connectivity index (χ1) is 7.84. The zero-order valence-corrected chi connectivity index (χ0v) is 10.8. The fraction of sp³-hybridized carbons (Fsp3) is 0.455. The lowest BCUT2D eigenvalue weighted by Gasteiger charge is -2.16. The Morgan fingerprint density at radius 3 is 2.59 bits per heavy atom. The van der Waals surface area contributed by atoms with Crippen molar-refractivity contribution in [2.24, 2.45) is 5.73 Å². The lowest BCUT2D eigenvalue weighted by atomic mass is 10.0. The van der Waals surface area contributed by atoms with Gasteiger partial charge in [0.05, 0.1) is 7.11 Å². The third-order valence-electron chi connectivity index (χ3n) is 2.39. The van der Waals surface area contributed by atoms with E-state index in [2.05, 4.69) is 15.9 Å². The van der Waals surface area contributed by atoms with Crippen molar-refractivity contribution in [2.75, 3.05) is 7.11 Å². The number of ether oxygens (including phenoxy) is 1. The molecular weight excluding hydrogens is 299 g/mol. The van der Waals surface area contributed by atoms with Gasteiger partial charge in [-0.15, -0.1) is 0 Å². The first-order valence-electron chi connectivity index (χ1n) is 4.99. The highest BCUT2D eigenvalue weighted by molar-refractivity contribution is 9.10. The van der Waals surface area contributed by atoms with E-state index in [9.17, 15) is 13.2 Å². The van der Waals surface area contributed by atoms with Gasteiger partial charge in [-0.25, -0.2) is 0 Å². The second-order valence-corrected chi connectivity index (χ2v) is 4.56. The van der Waals surface area contributed by atoms with Gasteiger partial charge in [0.15, 0.2) is 0 Å². The van der Waals surface area contributed by atoms with Gasteiger partial charge in [-0.1, -0.05) is 15.9 Å². The maximum atomic E-state index is 12.2. The van der Waals surface area contributed by atoms with E-state index < -0.39 is 12.2 Å². The minimum atomic E-state index is -4.35. The molecule has 0 saturated heterocycles. The summed E-state index contributed by atoms with van der Waals surface area (Å²) in [6, 6.07) is 3.41. The minimum Gasteiger partial charge on any atom is -0.496 e. The largest absolute Gasteiger partial charge is 0.496 e. The Hall–Kier alpha value is -0.750. The first-order valence-corrected chi connectivity index (χ1v) is 5.78. The number of benzene rings is 1. The highest BCUT2D eigenvalue weighted by Crippen LogP contribution is 2.27. The minimum absolute atomic E-state index is 0.156. The van der Waals surface area contributed by atoms with Crippen LogP contribution in [-0.4, -0.2) is 19.3 Å². The Morgan fingerprint density at radius 1 is 1.41 bits per heavy atom. The Bertz CT molecular complexity index is 381. The van der Waals surface area contributed by atoms with Crippen molar-refractivity contribution in [1.82, 2.24) is 0 Å². The number of hydrogen-bond acceptors (Lipinski definition) is 2. The van der Waals surface area contributed by atoms with Gasteiger partial charge < -0.3 is 10.5 Å². The average Bonchev–Trinajstić information content (AvgIpc) is 2.24. The fourth-order valence-electron chi connectivity index (χ4n) is 1.42. The molecule has 17 heavy (non-hydrogen) atoms. The van der Waals surface area contributed by atoms with Gasteiger partial charge in [0.2, 0.25) is 0 Å². The SMILES string of the molecule is COc1ccc(Br)cc1CCC(N)C(F)(F)F. The van der Waals surface area contributed by atoms with E-state index >= 15 is 0 Å². The second kappa shape index (κ2) is 5.73. The van der Waals surface area contributed by atoms with Crippen LogP contribution in [-0.2, 0) is 6.42 Å². The highest BCUT2D eigenvalue weighted by Gasteiger charge is 2.36. The number of aryl methyl sites for hydroxylation is 1. The predicted molar refractivity (Wildman–Crippen MR) is 63.0 cm³/mol. The summed E-state index contributed by atoms with van der Waals surface area (Å²) < 4.78 is 42.6. The van der Waals surface area contributed by atoms with Gasteiger partial charge in [0.1, 0.15) is 11.8 Å². The van der Waals surface area contributed by atoms with E-state index in [1.807, 2.05) is 0 Å². The molecule has 1 unspecified atom stereocenters. The topological polar surface area (TPSA) is 35.2 Å². The van der Waals surface area contributed by atoms with Crippen molar-refractivity contribution in [3.8, 4) is 5.75 Å². The zero-order valence-electron chi connectivity index (χ0n) is 9.22. The quantitative estimate of drug-likeness (QED) is 0.926. The number of alkyl halides is 3. The Balaban J connectivity index is 2.72. The number of halogens is 4. The van der Waals surface area contributed by atoms with E-state index in [1.54, 1.807) is 18.2 Å². The molecule has 1 atom stereocenters. The summed E-state index contributed by atoms with van der Waals surface area (Å²) in [7, 11) is 1.48. The summed E-state index contributed by atoms with van der Waals surface area (Å²) in [5, 5.41) is 0. The van der Waals surface area contributed by atoms with Crippen LogP contribution >= 0.6 is 15.9 Å². The first kappa shape index (κ1) is 14.3. The Kier molecular flexibility index (Phi) is 4.82. The van der Waals surface area contributed by atoms with Crippen LogP contribution in [0.3, 0.4) is 0 Å². The van der Waals surface area contributed by atoms with Crippen LogP contribution in [0.5, 0.6) is 5.75 Å². The van der Waals surface area contributed by atoms with Crippen LogP contribution in [0.2, 0.25) is 0 Å². The molecule has 0 aliphatic heterocycles. The van der Waals surface area contributed by atoms with Gasteiger partial charge in [0.25, 0.3) is 0 Å². The predicted octanol–water partition coefficient (Wildman–Crippen LogP) is 3.28. The standard InChI is InChI=1S/C11H13BrF3NO/c1-17-9-4-3-8(12)6-7(9)2-5-10(16)11(13,14)15/h3-4,6,10H,2,5,16H2,1H3. The molecule has 1 aromatic rings. The normalized spacial score (nSPS) is 13.5. The smallest absolute Gasteiger partial charge is 0.403 e. The molecule has 0 aliphatic rings. The summed E-state index contributed by atoms with van der Waals surface area (Å²) in [6.45, 7) is 0. The average molecular weight is 312 g/mol. The molecule has 2 N–H and O–H groups in total. The lowest BCUT2D eigenvalue weighted by molar-refractivity contribution is -0.148. The number of nitrogens with two attached hydrogens (primary N) is 1. The molecule has 0 aromatic heterocycles. The van der Waals surface area contributed by atoms with Crippen LogP contribution in [0.25, 0.3) is 0 Å². The van der Waals surface area contributed by atoms with Crippen LogP contribution in [0.4, 0.5) is 13.2 Å². The van der Waals surface area contributed by atoms with Gasteiger partial charge in [-0.3, -0.25) is 0 Å². The Morgan fingerprint density at radius 2 is 2.06 bits per heavy atom. The summed E-state index contributed by atoms with van der Waals surface area (Å²) in [5.41, 5.74) is 5.76. The van der Waals surface area contributed by atoms with E-state index in [4.69, 9.17) is 10.5 Å². The third kappa shape index (κ3) is 4.20. The number of methoxy groups -OCH3 is 1. The monoisotopic (exact) mass is 311 g/mol. The molecule has 0 radical (unpaired) electrons. The van der Waals surface area contributed by atoms with Gasteiger partial charge in [-0.2, -0.15) is 13.2 Å². The van der Waals surface area contributed by atoms with Gasteiger partial charge in [0, 0.05) is 4.47 Å². The summed E-state index contributed by atoms with van der Waals surface area (Å²) >= 11 is 3.26. The van der Waals surface area contributed by atoms with Crippen molar-refractivity contribution in [3.63, 3.8) is 0 Å². The summed E-state index contributed by atoms with van der Waals surface area (Å²) in [4.78, 5) is 0. The van der Waals surface area contributed by atoms with Crippen molar-refractivity contribution in [1.29, 1.82) is 0 Å². The van der Waals surface area contributed by atoms with E-state index in [-0.39, 0.29) is 12.8 Å². The molecule has 0 heterocycles. The molecule has 0 spiro atoms. The summed E-state index contributed by atoms with van der Waals surface area (Å²) in [5.74, 6) is 0.572.